The summed E-state index contributed by atoms with van der Waals surface area (Å²) in [4.78, 5) is 2.62. The lowest BCUT2D eigenvalue weighted by Crippen LogP contribution is -2.30. The zero-order chi connectivity index (χ0) is 13.9. The van der Waals surface area contributed by atoms with Gasteiger partial charge < -0.3 is 10.2 Å². The fraction of sp³-hybridized carbons (Fsp3) is 0.667. The molecule has 1 aromatic rings. The number of aryl methyl sites for hydroxylation is 1. The topological polar surface area (TPSA) is 15.3 Å². The van der Waals surface area contributed by atoms with Gasteiger partial charge in [0.2, 0.25) is 0 Å². The van der Waals surface area contributed by atoms with E-state index in [-0.39, 0.29) is 0 Å². The number of hydrogen-bond acceptors (Lipinski definition) is 2. The van der Waals surface area contributed by atoms with Crippen LogP contribution in [0.5, 0.6) is 0 Å². The Bertz CT molecular complexity index is 451. The summed E-state index contributed by atoms with van der Waals surface area (Å²) >= 11 is 0. The maximum absolute atomic E-state index is 3.51. The minimum atomic E-state index is 0.465. The second-order valence-electron chi connectivity index (χ2n) is 6.49. The molecule has 0 bridgehead atoms. The zero-order valence-electron chi connectivity index (χ0n) is 13.0. The number of nitrogens with one attached hydrogen (secondary N) is 1. The quantitative estimate of drug-likeness (QED) is 0.844. The van der Waals surface area contributed by atoms with Gasteiger partial charge in [0.25, 0.3) is 0 Å². The van der Waals surface area contributed by atoms with Crippen LogP contribution in [-0.4, -0.2) is 19.6 Å². The minimum absolute atomic E-state index is 0.465. The van der Waals surface area contributed by atoms with E-state index in [1.807, 2.05) is 0 Å². The first-order valence-corrected chi connectivity index (χ1v) is 8.39. The average Bonchev–Trinajstić information content (AvgIpc) is 3.29. The van der Waals surface area contributed by atoms with Crippen LogP contribution < -0.4 is 10.2 Å². The largest absolute Gasteiger partial charge is 0.371 e. The fourth-order valence-electron chi connectivity index (χ4n) is 3.37. The number of fused-ring (bicyclic) bond motifs is 1. The van der Waals surface area contributed by atoms with E-state index in [1.165, 1.54) is 56.4 Å². The van der Waals surface area contributed by atoms with Crippen LogP contribution in [0.2, 0.25) is 0 Å². The molecule has 0 spiro atoms. The highest BCUT2D eigenvalue weighted by molar-refractivity contribution is 5.57. The first kappa shape index (κ1) is 13.9. The normalized spacial score (nSPS) is 19.8. The molecule has 1 aromatic carbocycles. The maximum atomic E-state index is 3.51. The van der Waals surface area contributed by atoms with Crippen molar-refractivity contribution in [3.8, 4) is 0 Å². The van der Waals surface area contributed by atoms with Gasteiger partial charge >= 0.3 is 0 Å². The summed E-state index contributed by atoms with van der Waals surface area (Å²) in [6.07, 6.45) is 6.91. The molecule has 1 aliphatic carbocycles. The van der Waals surface area contributed by atoms with Crippen molar-refractivity contribution in [1.29, 1.82) is 0 Å². The van der Waals surface area contributed by atoms with E-state index in [9.17, 15) is 0 Å². The van der Waals surface area contributed by atoms with Crippen LogP contribution in [0.3, 0.4) is 0 Å². The molecule has 0 saturated heterocycles. The molecule has 110 valence electrons. The number of hydrogen-bond donors (Lipinski definition) is 1. The van der Waals surface area contributed by atoms with Gasteiger partial charge in [0.15, 0.2) is 0 Å². The monoisotopic (exact) mass is 272 g/mol. The van der Waals surface area contributed by atoms with Crippen molar-refractivity contribution in [1.82, 2.24) is 5.32 Å². The zero-order valence-corrected chi connectivity index (χ0v) is 13.0. The second-order valence-corrected chi connectivity index (χ2v) is 6.49. The molecule has 2 aliphatic rings. The van der Waals surface area contributed by atoms with Crippen molar-refractivity contribution in [3.05, 3.63) is 29.3 Å². The van der Waals surface area contributed by atoms with Gasteiger partial charge in [-0.3, -0.25) is 0 Å². The Kier molecular flexibility index (Phi) is 4.30. The number of nitrogens with zero attached hydrogens (tertiary/aromatic N) is 1. The summed E-state index contributed by atoms with van der Waals surface area (Å²) < 4.78 is 0. The molecule has 1 heterocycles. The van der Waals surface area contributed by atoms with E-state index < -0.39 is 0 Å². The van der Waals surface area contributed by atoms with Crippen molar-refractivity contribution < 1.29 is 0 Å². The molecule has 2 heteroatoms. The fourth-order valence-corrected chi connectivity index (χ4v) is 3.37. The third kappa shape index (κ3) is 3.17. The Morgan fingerprint density at radius 3 is 2.95 bits per heavy atom. The highest BCUT2D eigenvalue weighted by Gasteiger charge is 2.24. The van der Waals surface area contributed by atoms with Gasteiger partial charge in [-0.05, 0) is 55.8 Å². The molecule has 2 nitrogen and oxygen atoms in total. The first-order chi connectivity index (χ1) is 9.78. The van der Waals surface area contributed by atoms with Gasteiger partial charge in [-0.15, -0.1) is 0 Å². The number of benzene rings is 1. The standard InChI is InChI=1S/C18H28N2/c1-3-19-14(2)16-8-9-18-17(13-16)5-4-11-20(18)12-10-15-6-7-15/h8-9,13-15,19H,3-7,10-12H2,1-2H3. The van der Waals surface area contributed by atoms with Crippen molar-refractivity contribution in [2.24, 2.45) is 5.92 Å². The number of rotatable bonds is 6. The lowest BCUT2D eigenvalue weighted by Gasteiger charge is -2.32. The summed E-state index contributed by atoms with van der Waals surface area (Å²) in [6, 6.07) is 7.59. The van der Waals surface area contributed by atoms with E-state index in [1.54, 1.807) is 5.56 Å². The van der Waals surface area contributed by atoms with Crippen LogP contribution in [0, 0.1) is 5.92 Å². The van der Waals surface area contributed by atoms with Gasteiger partial charge in [0.05, 0.1) is 0 Å². The molecule has 0 aromatic heterocycles. The van der Waals surface area contributed by atoms with E-state index >= 15 is 0 Å². The maximum Gasteiger partial charge on any atom is 0.0398 e. The average molecular weight is 272 g/mol. The van der Waals surface area contributed by atoms with Gasteiger partial charge in [0, 0.05) is 24.8 Å². The molecule has 1 N–H and O–H groups in total. The summed E-state index contributed by atoms with van der Waals surface area (Å²) in [5, 5.41) is 3.51. The molecular formula is C18H28N2. The van der Waals surface area contributed by atoms with E-state index in [0.29, 0.717) is 6.04 Å². The van der Waals surface area contributed by atoms with Crippen LogP contribution in [0.1, 0.15) is 56.7 Å². The number of anilines is 1. The Hall–Kier alpha value is -1.02. The van der Waals surface area contributed by atoms with Crippen molar-refractivity contribution in [2.75, 3.05) is 24.5 Å². The second kappa shape index (κ2) is 6.17. The lowest BCUT2D eigenvalue weighted by molar-refractivity contribution is 0.594. The Morgan fingerprint density at radius 2 is 2.20 bits per heavy atom. The van der Waals surface area contributed by atoms with Crippen LogP contribution in [0.15, 0.2) is 18.2 Å². The van der Waals surface area contributed by atoms with Gasteiger partial charge in [-0.1, -0.05) is 31.9 Å². The van der Waals surface area contributed by atoms with Gasteiger partial charge in [-0.2, -0.15) is 0 Å². The molecule has 1 aliphatic heterocycles. The van der Waals surface area contributed by atoms with Gasteiger partial charge in [0.1, 0.15) is 0 Å². The molecule has 1 fully saturated rings. The molecule has 1 saturated carbocycles. The highest BCUT2D eigenvalue weighted by atomic mass is 15.1. The van der Waals surface area contributed by atoms with Crippen LogP contribution in [0.4, 0.5) is 5.69 Å². The highest BCUT2D eigenvalue weighted by Crippen LogP contribution is 2.35. The van der Waals surface area contributed by atoms with Crippen molar-refractivity contribution >= 4 is 5.69 Å². The Morgan fingerprint density at radius 1 is 1.35 bits per heavy atom. The molecule has 1 atom stereocenters. The van der Waals surface area contributed by atoms with Crippen LogP contribution in [0.25, 0.3) is 0 Å². The molecule has 20 heavy (non-hydrogen) atoms. The molecule has 0 radical (unpaired) electrons. The summed E-state index contributed by atoms with van der Waals surface area (Å²) in [7, 11) is 0. The summed E-state index contributed by atoms with van der Waals surface area (Å²) in [6.45, 7) is 7.99. The lowest BCUT2D eigenvalue weighted by atomic mass is 9.96. The SMILES string of the molecule is CCNC(C)c1ccc2c(c1)CCCN2CCC1CC1. The summed E-state index contributed by atoms with van der Waals surface area (Å²) in [5.41, 5.74) is 4.51. The predicted octanol–water partition coefficient (Wildman–Crippen LogP) is 3.91. The van der Waals surface area contributed by atoms with E-state index in [0.717, 1.165) is 12.5 Å². The van der Waals surface area contributed by atoms with Crippen LogP contribution >= 0.6 is 0 Å². The molecular weight excluding hydrogens is 244 g/mol. The molecule has 3 rings (SSSR count). The smallest absolute Gasteiger partial charge is 0.0398 e. The van der Waals surface area contributed by atoms with Crippen LogP contribution in [-0.2, 0) is 6.42 Å². The van der Waals surface area contributed by atoms with Crippen molar-refractivity contribution in [2.45, 2.75) is 52.0 Å². The third-order valence-corrected chi connectivity index (χ3v) is 4.83. The minimum Gasteiger partial charge on any atom is -0.371 e. The van der Waals surface area contributed by atoms with E-state index in [4.69, 9.17) is 0 Å². The predicted molar refractivity (Wildman–Crippen MR) is 86.4 cm³/mol. The van der Waals surface area contributed by atoms with Gasteiger partial charge in [-0.25, -0.2) is 0 Å². The third-order valence-electron chi connectivity index (χ3n) is 4.83. The Labute approximate surface area is 123 Å². The van der Waals surface area contributed by atoms with Crippen molar-refractivity contribution in [3.63, 3.8) is 0 Å². The Balaban J connectivity index is 1.72. The summed E-state index contributed by atoms with van der Waals surface area (Å²) in [5.74, 6) is 1.04. The molecule has 1 unspecified atom stereocenters. The van der Waals surface area contributed by atoms with E-state index in [2.05, 4.69) is 42.3 Å². The first-order valence-electron chi connectivity index (χ1n) is 8.39. The molecule has 0 amide bonds.